The number of carbonyl (C=O) groups excluding carboxylic acids is 1. The zero-order valence-corrected chi connectivity index (χ0v) is 12.6. The Morgan fingerprint density at radius 2 is 2.25 bits per heavy atom. The van der Waals surface area contributed by atoms with Crippen molar-refractivity contribution >= 4 is 21.8 Å². The van der Waals surface area contributed by atoms with E-state index < -0.39 is 0 Å². The Kier molecular flexibility index (Phi) is 4.79. The lowest BCUT2D eigenvalue weighted by molar-refractivity contribution is -0.122. The van der Waals surface area contributed by atoms with Crippen molar-refractivity contribution in [2.24, 2.45) is 0 Å². The SMILES string of the molecule is CC(Cc1ccco1)NC(=O)Cn1cc(Br)ccc1=O. The van der Waals surface area contributed by atoms with Crippen molar-refractivity contribution in [2.45, 2.75) is 25.9 Å². The van der Waals surface area contributed by atoms with E-state index in [0.717, 1.165) is 10.2 Å². The van der Waals surface area contributed by atoms with Crippen LogP contribution in [-0.2, 0) is 17.8 Å². The van der Waals surface area contributed by atoms with Gasteiger partial charge < -0.3 is 14.3 Å². The average molecular weight is 339 g/mol. The molecule has 1 unspecified atom stereocenters. The van der Waals surface area contributed by atoms with Crippen LogP contribution in [0.15, 0.2) is 50.4 Å². The van der Waals surface area contributed by atoms with Gasteiger partial charge in [-0.05, 0) is 41.1 Å². The molecule has 1 N–H and O–H groups in total. The second-order valence-electron chi connectivity index (χ2n) is 4.57. The normalized spacial score (nSPS) is 12.1. The van der Waals surface area contributed by atoms with E-state index in [-0.39, 0.29) is 24.1 Å². The van der Waals surface area contributed by atoms with Gasteiger partial charge in [-0.2, -0.15) is 0 Å². The van der Waals surface area contributed by atoms with E-state index in [1.54, 1.807) is 18.5 Å². The number of hydrogen-bond acceptors (Lipinski definition) is 3. The third-order valence-corrected chi connectivity index (χ3v) is 3.23. The third kappa shape index (κ3) is 4.09. The van der Waals surface area contributed by atoms with Gasteiger partial charge in [0.05, 0.1) is 6.26 Å². The number of nitrogens with one attached hydrogen (secondary N) is 1. The quantitative estimate of drug-likeness (QED) is 0.906. The average Bonchev–Trinajstić information content (AvgIpc) is 2.86. The van der Waals surface area contributed by atoms with Crippen LogP contribution < -0.4 is 10.9 Å². The molecule has 0 spiro atoms. The molecule has 2 heterocycles. The molecule has 0 radical (unpaired) electrons. The van der Waals surface area contributed by atoms with Crippen LogP contribution in [0.4, 0.5) is 0 Å². The lowest BCUT2D eigenvalue weighted by atomic mass is 10.2. The largest absolute Gasteiger partial charge is 0.469 e. The highest BCUT2D eigenvalue weighted by Gasteiger charge is 2.10. The Morgan fingerprint density at radius 3 is 2.95 bits per heavy atom. The van der Waals surface area contributed by atoms with Gasteiger partial charge in [0, 0.05) is 29.2 Å². The molecule has 2 aromatic rings. The minimum absolute atomic E-state index is 0.000762. The maximum atomic E-state index is 11.9. The number of hydrogen-bond donors (Lipinski definition) is 1. The second-order valence-corrected chi connectivity index (χ2v) is 5.48. The summed E-state index contributed by atoms with van der Waals surface area (Å²) in [5, 5.41) is 2.84. The number of pyridine rings is 1. The first-order valence-electron chi connectivity index (χ1n) is 6.22. The molecule has 0 bridgehead atoms. The highest BCUT2D eigenvalue weighted by Crippen LogP contribution is 2.05. The highest BCUT2D eigenvalue weighted by molar-refractivity contribution is 9.10. The molecule has 0 fully saturated rings. The molecule has 0 aliphatic carbocycles. The predicted molar refractivity (Wildman–Crippen MR) is 78.4 cm³/mol. The minimum Gasteiger partial charge on any atom is -0.469 e. The van der Waals surface area contributed by atoms with Gasteiger partial charge in [-0.1, -0.05) is 0 Å². The molecule has 2 rings (SSSR count). The smallest absolute Gasteiger partial charge is 0.251 e. The van der Waals surface area contributed by atoms with Crippen molar-refractivity contribution in [3.63, 3.8) is 0 Å². The Bertz CT molecular complexity index is 634. The Hall–Kier alpha value is -1.82. The number of carbonyl (C=O) groups is 1. The summed E-state index contributed by atoms with van der Waals surface area (Å²) < 4.78 is 7.34. The molecule has 20 heavy (non-hydrogen) atoms. The second kappa shape index (κ2) is 6.56. The van der Waals surface area contributed by atoms with Crippen molar-refractivity contribution in [1.82, 2.24) is 9.88 Å². The molecule has 106 valence electrons. The standard InChI is InChI=1S/C14H15BrN2O3/c1-10(7-12-3-2-6-20-12)16-13(18)9-17-8-11(15)4-5-14(17)19/h2-6,8,10H,7,9H2,1H3,(H,16,18). The van der Waals surface area contributed by atoms with Crippen LogP contribution in [0.1, 0.15) is 12.7 Å². The fourth-order valence-corrected chi connectivity index (χ4v) is 2.26. The Balaban J connectivity index is 1.92. The molecule has 2 aromatic heterocycles. The van der Waals surface area contributed by atoms with E-state index >= 15 is 0 Å². The van der Waals surface area contributed by atoms with Crippen molar-refractivity contribution in [3.8, 4) is 0 Å². The van der Waals surface area contributed by atoms with Gasteiger partial charge >= 0.3 is 0 Å². The van der Waals surface area contributed by atoms with Crippen molar-refractivity contribution in [1.29, 1.82) is 0 Å². The molecule has 1 amide bonds. The van der Waals surface area contributed by atoms with E-state index in [9.17, 15) is 9.59 Å². The summed E-state index contributed by atoms with van der Waals surface area (Å²) >= 11 is 3.27. The van der Waals surface area contributed by atoms with E-state index in [1.807, 2.05) is 19.1 Å². The number of aromatic nitrogens is 1. The van der Waals surface area contributed by atoms with E-state index in [0.29, 0.717) is 6.42 Å². The van der Waals surface area contributed by atoms with Gasteiger partial charge in [0.1, 0.15) is 12.3 Å². The first kappa shape index (κ1) is 14.6. The van der Waals surface area contributed by atoms with Crippen molar-refractivity contribution < 1.29 is 9.21 Å². The highest BCUT2D eigenvalue weighted by atomic mass is 79.9. The topological polar surface area (TPSA) is 64.2 Å². The van der Waals surface area contributed by atoms with Crippen molar-refractivity contribution in [3.05, 3.63) is 57.3 Å². The number of nitrogens with zero attached hydrogens (tertiary/aromatic N) is 1. The first-order chi connectivity index (χ1) is 9.54. The van der Waals surface area contributed by atoms with Crippen LogP contribution >= 0.6 is 15.9 Å². The molecule has 0 saturated heterocycles. The summed E-state index contributed by atoms with van der Waals surface area (Å²) in [6.07, 6.45) is 3.82. The summed E-state index contributed by atoms with van der Waals surface area (Å²) in [5.74, 6) is 0.613. The van der Waals surface area contributed by atoms with E-state index in [4.69, 9.17) is 4.42 Å². The van der Waals surface area contributed by atoms with E-state index in [2.05, 4.69) is 21.2 Å². The Labute approximate surface area is 124 Å². The third-order valence-electron chi connectivity index (χ3n) is 2.76. The maximum Gasteiger partial charge on any atom is 0.251 e. The van der Waals surface area contributed by atoms with Gasteiger partial charge in [0.25, 0.3) is 5.56 Å². The van der Waals surface area contributed by atoms with Crippen LogP contribution in [0.25, 0.3) is 0 Å². The number of furan rings is 1. The molecular weight excluding hydrogens is 324 g/mol. The summed E-state index contributed by atoms with van der Waals surface area (Å²) in [7, 11) is 0. The van der Waals surface area contributed by atoms with Crippen LogP contribution in [-0.4, -0.2) is 16.5 Å². The van der Waals surface area contributed by atoms with Gasteiger partial charge in [-0.25, -0.2) is 0 Å². The molecule has 0 aromatic carbocycles. The summed E-state index contributed by atoms with van der Waals surface area (Å²) in [4.78, 5) is 23.5. The lowest BCUT2D eigenvalue weighted by Gasteiger charge is -2.13. The number of amides is 1. The van der Waals surface area contributed by atoms with Crippen LogP contribution in [0, 0.1) is 0 Å². The summed E-state index contributed by atoms with van der Waals surface area (Å²) in [6.45, 7) is 1.89. The molecule has 6 heteroatoms. The predicted octanol–water partition coefficient (Wildman–Crippen LogP) is 1.95. The van der Waals surface area contributed by atoms with Crippen molar-refractivity contribution in [2.75, 3.05) is 0 Å². The zero-order valence-electron chi connectivity index (χ0n) is 11.0. The molecule has 0 saturated carbocycles. The first-order valence-corrected chi connectivity index (χ1v) is 7.01. The van der Waals surface area contributed by atoms with Gasteiger partial charge in [-0.15, -0.1) is 0 Å². The van der Waals surface area contributed by atoms with Gasteiger partial charge in [-0.3, -0.25) is 9.59 Å². The minimum atomic E-state index is -0.206. The van der Waals surface area contributed by atoms with Gasteiger partial charge in [0.15, 0.2) is 0 Å². The summed E-state index contributed by atoms with van der Waals surface area (Å²) in [6, 6.07) is 6.68. The van der Waals surface area contributed by atoms with Crippen LogP contribution in [0.2, 0.25) is 0 Å². The number of rotatable bonds is 5. The number of halogens is 1. The van der Waals surface area contributed by atoms with E-state index in [1.165, 1.54) is 10.6 Å². The van der Waals surface area contributed by atoms with Crippen LogP contribution in [0.3, 0.4) is 0 Å². The Morgan fingerprint density at radius 1 is 1.45 bits per heavy atom. The molecule has 1 atom stereocenters. The fraction of sp³-hybridized carbons (Fsp3) is 0.286. The summed E-state index contributed by atoms with van der Waals surface area (Å²) in [5.41, 5.74) is -0.206. The molecule has 0 aliphatic heterocycles. The zero-order chi connectivity index (χ0) is 14.5. The van der Waals surface area contributed by atoms with Crippen LogP contribution in [0.5, 0.6) is 0 Å². The molecule has 5 nitrogen and oxygen atoms in total. The molecule has 0 aliphatic rings. The lowest BCUT2D eigenvalue weighted by Crippen LogP contribution is -2.38. The maximum absolute atomic E-state index is 11.9. The fourth-order valence-electron chi connectivity index (χ4n) is 1.88. The van der Waals surface area contributed by atoms with Gasteiger partial charge in [0.2, 0.25) is 5.91 Å². The molecular formula is C14H15BrN2O3. The monoisotopic (exact) mass is 338 g/mol.